The summed E-state index contributed by atoms with van der Waals surface area (Å²) in [7, 11) is -1.94. The lowest BCUT2D eigenvalue weighted by Gasteiger charge is -2.17. The fourth-order valence-corrected chi connectivity index (χ4v) is 2.99. The van der Waals surface area contributed by atoms with Gasteiger partial charge in [-0.1, -0.05) is 11.6 Å². The first-order chi connectivity index (χ1) is 7.39. The Balaban J connectivity index is 3.17. The molecule has 1 aromatic rings. The summed E-state index contributed by atoms with van der Waals surface area (Å²) in [6, 6.07) is 4.71. The third-order valence-electron chi connectivity index (χ3n) is 2.27. The van der Waals surface area contributed by atoms with Crippen LogP contribution >= 0.6 is 11.6 Å². The Labute approximate surface area is 101 Å². The quantitative estimate of drug-likeness (QED) is 0.888. The van der Waals surface area contributed by atoms with Crippen molar-refractivity contribution in [3.63, 3.8) is 0 Å². The minimum Gasteiger partial charge on any atom is -0.329 e. The fraction of sp³-hybridized carbons (Fsp3) is 0.400. The summed E-state index contributed by atoms with van der Waals surface area (Å²) in [4.78, 5) is 0.271. The Morgan fingerprint density at radius 3 is 2.56 bits per heavy atom. The number of nitrogens with two attached hydrogens (primary N) is 1. The average molecular weight is 263 g/mol. The van der Waals surface area contributed by atoms with E-state index >= 15 is 0 Å². The van der Waals surface area contributed by atoms with Gasteiger partial charge in [-0.15, -0.1) is 0 Å². The summed E-state index contributed by atoms with van der Waals surface area (Å²) < 4.78 is 25.4. The summed E-state index contributed by atoms with van der Waals surface area (Å²) >= 11 is 5.78. The Bertz CT molecular complexity index is 474. The van der Waals surface area contributed by atoms with E-state index in [2.05, 4.69) is 0 Å². The highest BCUT2D eigenvalue weighted by atomic mass is 35.5. The molecule has 0 atom stereocenters. The van der Waals surface area contributed by atoms with E-state index in [9.17, 15) is 8.42 Å². The number of halogens is 1. The van der Waals surface area contributed by atoms with Gasteiger partial charge in [0.05, 0.1) is 4.90 Å². The van der Waals surface area contributed by atoms with Crippen molar-refractivity contribution in [3.8, 4) is 0 Å². The van der Waals surface area contributed by atoms with Crippen LogP contribution in [0.15, 0.2) is 23.1 Å². The summed E-state index contributed by atoms with van der Waals surface area (Å²) in [5, 5.41) is 0.526. The molecule has 16 heavy (non-hydrogen) atoms. The van der Waals surface area contributed by atoms with Crippen LogP contribution in [0, 0.1) is 6.92 Å². The fourth-order valence-electron chi connectivity index (χ4n) is 1.37. The minimum atomic E-state index is -3.45. The Kier molecular flexibility index (Phi) is 4.32. The highest BCUT2D eigenvalue weighted by molar-refractivity contribution is 7.89. The van der Waals surface area contributed by atoms with Crippen LogP contribution in [0.4, 0.5) is 0 Å². The molecule has 2 N–H and O–H groups in total. The summed E-state index contributed by atoms with van der Waals surface area (Å²) in [6.07, 6.45) is 0. The molecule has 0 aliphatic rings. The van der Waals surface area contributed by atoms with Gasteiger partial charge in [-0.2, -0.15) is 4.31 Å². The molecule has 4 nitrogen and oxygen atoms in total. The monoisotopic (exact) mass is 262 g/mol. The SMILES string of the molecule is Cc1cc(Cl)ccc1S(=O)(=O)N(C)CCN. The zero-order chi connectivity index (χ0) is 12.3. The van der Waals surface area contributed by atoms with Crippen LogP contribution in [0.3, 0.4) is 0 Å². The van der Waals surface area contributed by atoms with Gasteiger partial charge in [0.1, 0.15) is 0 Å². The van der Waals surface area contributed by atoms with Crippen LogP contribution in [-0.2, 0) is 10.0 Å². The molecule has 1 rings (SSSR count). The van der Waals surface area contributed by atoms with E-state index in [4.69, 9.17) is 17.3 Å². The van der Waals surface area contributed by atoms with Crippen molar-refractivity contribution in [2.24, 2.45) is 5.73 Å². The summed E-state index contributed by atoms with van der Waals surface area (Å²) in [5.74, 6) is 0. The number of aryl methyl sites for hydroxylation is 1. The van der Waals surface area contributed by atoms with Crippen molar-refractivity contribution in [1.29, 1.82) is 0 Å². The minimum absolute atomic E-state index is 0.271. The molecule has 0 saturated heterocycles. The van der Waals surface area contributed by atoms with E-state index in [1.165, 1.54) is 17.4 Å². The van der Waals surface area contributed by atoms with Crippen LogP contribution in [0.1, 0.15) is 5.56 Å². The Morgan fingerprint density at radius 1 is 1.44 bits per heavy atom. The molecular weight excluding hydrogens is 248 g/mol. The maximum atomic E-state index is 12.1. The lowest BCUT2D eigenvalue weighted by molar-refractivity contribution is 0.476. The van der Waals surface area contributed by atoms with Crippen LogP contribution < -0.4 is 5.73 Å². The molecule has 90 valence electrons. The maximum Gasteiger partial charge on any atom is 0.243 e. The van der Waals surface area contributed by atoms with Crippen molar-refractivity contribution in [2.45, 2.75) is 11.8 Å². The number of benzene rings is 1. The third kappa shape index (κ3) is 2.74. The third-order valence-corrected chi connectivity index (χ3v) is 4.52. The van der Waals surface area contributed by atoms with E-state index in [0.29, 0.717) is 23.7 Å². The number of hydrogen-bond acceptors (Lipinski definition) is 3. The number of likely N-dealkylation sites (N-methyl/N-ethyl adjacent to an activating group) is 1. The average Bonchev–Trinajstić information content (AvgIpc) is 2.17. The molecule has 1 aromatic carbocycles. The smallest absolute Gasteiger partial charge is 0.243 e. The zero-order valence-corrected chi connectivity index (χ0v) is 10.8. The predicted octanol–water partition coefficient (Wildman–Crippen LogP) is 1.23. The summed E-state index contributed by atoms with van der Waals surface area (Å²) in [5.41, 5.74) is 5.97. The highest BCUT2D eigenvalue weighted by Gasteiger charge is 2.21. The number of hydrogen-bond donors (Lipinski definition) is 1. The van der Waals surface area contributed by atoms with E-state index < -0.39 is 10.0 Å². The van der Waals surface area contributed by atoms with Gasteiger partial charge in [0.25, 0.3) is 0 Å². The van der Waals surface area contributed by atoms with Gasteiger partial charge in [-0.3, -0.25) is 0 Å². The largest absolute Gasteiger partial charge is 0.329 e. The van der Waals surface area contributed by atoms with E-state index in [1.807, 2.05) is 0 Å². The maximum absolute atomic E-state index is 12.1. The first kappa shape index (κ1) is 13.4. The molecule has 0 heterocycles. The molecule has 0 saturated carbocycles. The number of sulfonamides is 1. The Hall–Kier alpha value is -0.620. The van der Waals surface area contributed by atoms with Gasteiger partial charge in [-0.25, -0.2) is 8.42 Å². The van der Waals surface area contributed by atoms with Gasteiger partial charge in [0.2, 0.25) is 10.0 Å². The van der Waals surface area contributed by atoms with Crippen LogP contribution in [-0.4, -0.2) is 32.9 Å². The molecular formula is C10H15ClN2O2S. The second kappa shape index (κ2) is 5.14. The van der Waals surface area contributed by atoms with Gasteiger partial charge < -0.3 is 5.73 Å². The molecule has 0 unspecified atom stereocenters. The van der Waals surface area contributed by atoms with Crippen molar-refractivity contribution in [2.75, 3.05) is 20.1 Å². The molecule has 0 bridgehead atoms. The molecule has 0 aliphatic carbocycles. The lowest BCUT2D eigenvalue weighted by atomic mass is 10.2. The molecule has 0 spiro atoms. The van der Waals surface area contributed by atoms with Gasteiger partial charge >= 0.3 is 0 Å². The van der Waals surface area contributed by atoms with E-state index in [-0.39, 0.29) is 4.90 Å². The first-order valence-electron chi connectivity index (χ1n) is 4.82. The highest BCUT2D eigenvalue weighted by Crippen LogP contribution is 2.21. The summed E-state index contributed by atoms with van der Waals surface area (Å²) in [6.45, 7) is 2.31. The zero-order valence-electron chi connectivity index (χ0n) is 9.27. The molecule has 0 amide bonds. The predicted molar refractivity (Wildman–Crippen MR) is 65.1 cm³/mol. The van der Waals surface area contributed by atoms with Crippen molar-refractivity contribution < 1.29 is 8.42 Å². The van der Waals surface area contributed by atoms with Crippen LogP contribution in [0.25, 0.3) is 0 Å². The topological polar surface area (TPSA) is 63.4 Å². The normalized spacial score (nSPS) is 12.1. The second-order valence-corrected chi connectivity index (χ2v) is 5.97. The number of nitrogens with zero attached hydrogens (tertiary/aromatic N) is 1. The van der Waals surface area contributed by atoms with Crippen LogP contribution in [0.5, 0.6) is 0 Å². The van der Waals surface area contributed by atoms with E-state index in [1.54, 1.807) is 19.1 Å². The van der Waals surface area contributed by atoms with E-state index in [0.717, 1.165) is 0 Å². The van der Waals surface area contributed by atoms with Gasteiger partial charge in [-0.05, 0) is 30.7 Å². The van der Waals surface area contributed by atoms with Crippen molar-refractivity contribution in [1.82, 2.24) is 4.31 Å². The van der Waals surface area contributed by atoms with Crippen LogP contribution in [0.2, 0.25) is 5.02 Å². The first-order valence-corrected chi connectivity index (χ1v) is 6.64. The molecule has 0 radical (unpaired) electrons. The van der Waals surface area contributed by atoms with Gasteiger partial charge in [0, 0.05) is 25.2 Å². The van der Waals surface area contributed by atoms with Gasteiger partial charge in [0.15, 0.2) is 0 Å². The molecule has 0 fully saturated rings. The van der Waals surface area contributed by atoms with Crippen molar-refractivity contribution >= 4 is 21.6 Å². The second-order valence-electron chi connectivity index (χ2n) is 3.53. The molecule has 0 aliphatic heterocycles. The molecule has 6 heteroatoms. The standard InChI is InChI=1S/C10H15ClN2O2S/c1-8-7-9(11)3-4-10(8)16(14,15)13(2)6-5-12/h3-4,7H,5-6,12H2,1-2H3. The lowest BCUT2D eigenvalue weighted by Crippen LogP contribution is -2.32. The van der Waals surface area contributed by atoms with Crippen molar-refractivity contribution in [3.05, 3.63) is 28.8 Å². The Morgan fingerprint density at radius 2 is 2.06 bits per heavy atom. The molecule has 0 aromatic heterocycles. The number of rotatable bonds is 4.